The summed E-state index contributed by atoms with van der Waals surface area (Å²) >= 11 is 12.0. The zero-order chi connectivity index (χ0) is 19.5. The summed E-state index contributed by atoms with van der Waals surface area (Å²) in [4.78, 5) is 27.1. The number of benzene rings is 2. The number of carbonyl (C=O) groups excluding carboxylic acids is 2. The van der Waals surface area contributed by atoms with E-state index < -0.39 is 17.2 Å². The van der Waals surface area contributed by atoms with Crippen LogP contribution < -0.4 is 15.5 Å². The van der Waals surface area contributed by atoms with Crippen molar-refractivity contribution in [2.45, 2.75) is 13.8 Å². The molecule has 5 nitrogen and oxygen atoms in total. The second kappa shape index (κ2) is 7.98. The van der Waals surface area contributed by atoms with E-state index in [4.69, 9.17) is 23.2 Å². The lowest BCUT2D eigenvalue weighted by molar-refractivity contribution is -0.135. The van der Waals surface area contributed by atoms with Crippen molar-refractivity contribution < 1.29 is 9.59 Å². The second-order valence-electron chi connectivity index (χ2n) is 6.60. The van der Waals surface area contributed by atoms with Gasteiger partial charge in [0.25, 0.3) is 0 Å². The molecule has 0 aromatic heterocycles. The largest absolute Gasteiger partial charge is 0.378 e. The standard InChI is InChI=1S/C19H21Cl2N3O2/c1-19(2,18(26)23-16-11-12(20)5-10-15(16)21)17(25)22-13-6-8-14(9-7-13)24(3)4/h5-11H,1-4H3,(H,22,25)(H,23,26). The molecule has 0 saturated carbocycles. The van der Waals surface area contributed by atoms with Crippen molar-refractivity contribution in [3.8, 4) is 0 Å². The van der Waals surface area contributed by atoms with Crippen molar-refractivity contribution >= 4 is 52.1 Å². The molecule has 2 aromatic rings. The van der Waals surface area contributed by atoms with Crippen LogP contribution in [0.15, 0.2) is 42.5 Å². The number of halogens is 2. The number of nitrogens with one attached hydrogen (secondary N) is 2. The molecule has 2 amide bonds. The average molecular weight is 394 g/mol. The van der Waals surface area contributed by atoms with Crippen molar-refractivity contribution in [1.82, 2.24) is 0 Å². The smallest absolute Gasteiger partial charge is 0.239 e. The third kappa shape index (κ3) is 4.68. The Labute approximate surface area is 163 Å². The van der Waals surface area contributed by atoms with Crippen LogP contribution in [0, 0.1) is 5.41 Å². The van der Waals surface area contributed by atoms with Crippen LogP contribution >= 0.6 is 23.2 Å². The number of rotatable bonds is 5. The van der Waals surface area contributed by atoms with Gasteiger partial charge in [0.15, 0.2) is 0 Å². The lowest BCUT2D eigenvalue weighted by Crippen LogP contribution is -2.41. The quantitative estimate of drug-likeness (QED) is 0.725. The fourth-order valence-electron chi connectivity index (χ4n) is 2.11. The molecule has 138 valence electrons. The third-order valence-corrected chi connectivity index (χ3v) is 4.52. The molecule has 0 aliphatic rings. The lowest BCUT2D eigenvalue weighted by Gasteiger charge is -2.23. The minimum Gasteiger partial charge on any atom is -0.378 e. The highest BCUT2D eigenvalue weighted by atomic mass is 35.5. The first-order chi connectivity index (χ1) is 12.1. The van der Waals surface area contributed by atoms with E-state index in [-0.39, 0.29) is 0 Å². The number of amides is 2. The van der Waals surface area contributed by atoms with E-state index in [0.717, 1.165) is 5.69 Å². The van der Waals surface area contributed by atoms with E-state index in [1.54, 1.807) is 38.1 Å². The zero-order valence-corrected chi connectivity index (χ0v) is 16.6. The third-order valence-electron chi connectivity index (χ3n) is 3.95. The maximum atomic E-state index is 12.6. The van der Waals surface area contributed by atoms with Crippen molar-refractivity contribution in [2.75, 3.05) is 29.6 Å². The molecule has 2 aromatic carbocycles. The first-order valence-corrected chi connectivity index (χ1v) is 8.72. The highest BCUT2D eigenvalue weighted by Gasteiger charge is 2.36. The SMILES string of the molecule is CN(C)c1ccc(NC(=O)C(C)(C)C(=O)Nc2cc(Cl)ccc2Cl)cc1. The van der Waals surface area contributed by atoms with E-state index in [1.807, 2.05) is 31.1 Å². The van der Waals surface area contributed by atoms with Gasteiger partial charge in [-0.15, -0.1) is 0 Å². The van der Waals surface area contributed by atoms with Crippen LogP contribution in [-0.4, -0.2) is 25.9 Å². The van der Waals surface area contributed by atoms with Gasteiger partial charge in [0.1, 0.15) is 5.41 Å². The van der Waals surface area contributed by atoms with Crippen LogP contribution in [0.3, 0.4) is 0 Å². The Morgan fingerprint density at radius 3 is 2.08 bits per heavy atom. The van der Waals surface area contributed by atoms with Crippen molar-refractivity contribution in [3.63, 3.8) is 0 Å². The molecule has 7 heteroatoms. The predicted octanol–water partition coefficient (Wildman–Crippen LogP) is 4.66. The Kier molecular flexibility index (Phi) is 6.16. The summed E-state index contributed by atoms with van der Waals surface area (Å²) in [6.07, 6.45) is 0. The molecule has 0 aliphatic heterocycles. The Bertz CT molecular complexity index is 818. The molecule has 2 rings (SSSR count). The summed E-state index contributed by atoms with van der Waals surface area (Å²) in [6, 6.07) is 12.1. The monoisotopic (exact) mass is 393 g/mol. The Morgan fingerprint density at radius 2 is 1.50 bits per heavy atom. The number of nitrogens with zero attached hydrogens (tertiary/aromatic N) is 1. The summed E-state index contributed by atoms with van der Waals surface area (Å²) in [5, 5.41) is 6.21. The first kappa shape index (κ1) is 20.1. The van der Waals surface area contributed by atoms with Crippen LogP contribution in [0.5, 0.6) is 0 Å². The molecule has 2 N–H and O–H groups in total. The van der Waals surface area contributed by atoms with Crippen LogP contribution in [0.4, 0.5) is 17.1 Å². The van der Waals surface area contributed by atoms with Crippen molar-refractivity contribution in [3.05, 3.63) is 52.5 Å². The van der Waals surface area contributed by atoms with Gasteiger partial charge in [-0.2, -0.15) is 0 Å². The fourth-order valence-corrected chi connectivity index (χ4v) is 2.44. The highest BCUT2D eigenvalue weighted by Crippen LogP contribution is 2.28. The lowest BCUT2D eigenvalue weighted by atomic mass is 9.90. The Hall–Kier alpha value is -2.24. The number of anilines is 3. The van der Waals surface area contributed by atoms with Crippen molar-refractivity contribution in [1.29, 1.82) is 0 Å². The molecule has 0 bridgehead atoms. The van der Waals surface area contributed by atoms with E-state index in [2.05, 4.69) is 10.6 Å². The summed E-state index contributed by atoms with van der Waals surface area (Å²) in [7, 11) is 3.87. The van der Waals surface area contributed by atoms with Gasteiger partial charge in [-0.05, 0) is 56.3 Å². The van der Waals surface area contributed by atoms with E-state index in [9.17, 15) is 9.59 Å². The second-order valence-corrected chi connectivity index (χ2v) is 7.44. The molecule has 0 atom stereocenters. The molecular formula is C19H21Cl2N3O2. The maximum Gasteiger partial charge on any atom is 0.239 e. The molecule has 0 unspecified atom stereocenters. The van der Waals surface area contributed by atoms with Gasteiger partial charge in [0, 0.05) is 30.5 Å². The topological polar surface area (TPSA) is 61.4 Å². The number of hydrogen-bond acceptors (Lipinski definition) is 3. The summed E-state index contributed by atoms with van der Waals surface area (Å²) < 4.78 is 0. The highest BCUT2D eigenvalue weighted by molar-refractivity contribution is 6.36. The fraction of sp³-hybridized carbons (Fsp3) is 0.263. The summed E-state index contributed by atoms with van der Waals surface area (Å²) in [5.74, 6) is -0.908. The maximum absolute atomic E-state index is 12.6. The van der Waals surface area contributed by atoms with Gasteiger partial charge in [-0.25, -0.2) is 0 Å². The van der Waals surface area contributed by atoms with Gasteiger partial charge in [-0.1, -0.05) is 23.2 Å². The minimum absolute atomic E-state index is 0.346. The van der Waals surface area contributed by atoms with Gasteiger partial charge in [0.2, 0.25) is 11.8 Å². The van der Waals surface area contributed by atoms with E-state index in [1.165, 1.54) is 6.07 Å². The summed E-state index contributed by atoms with van der Waals surface area (Å²) in [5.41, 5.74) is 0.671. The van der Waals surface area contributed by atoms with Crippen molar-refractivity contribution in [2.24, 2.45) is 5.41 Å². The molecular weight excluding hydrogens is 373 g/mol. The normalized spacial score (nSPS) is 11.0. The van der Waals surface area contributed by atoms with E-state index >= 15 is 0 Å². The molecule has 0 aliphatic carbocycles. The Morgan fingerprint density at radius 1 is 0.923 bits per heavy atom. The molecule has 0 spiro atoms. The van der Waals surface area contributed by atoms with Crippen LogP contribution in [-0.2, 0) is 9.59 Å². The van der Waals surface area contributed by atoms with Crippen LogP contribution in [0.2, 0.25) is 10.0 Å². The average Bonchev–Trinajstić information content (AvgIpc) is 2.58. The minimum atomic E-state index is -1.31. The Balaban J connectivity index is 2.10. The zero-order valence-electron chi connectivity index (χ0n) is 15.1. The first-order valence-electron chi connectivity index (χ1n) is 7.96. The van der Waals surface area contributed by atoms with Gasteiger partial charge in [0.05, 0.1) is 10.7 Å². The number of hydrogen-bond donors (Lipinski definition) is 2. The van der Waals surface area contributed by atoms with Gasteiger partial charge < -0.3 is 15.5 Å². The molecule has 26 heavy (non-hydrogen) atoms. The molecule has 0 saturated heterocycles. The molecule has 0 radical (unpaired) electrons. The molecule has 0 fully saturated rings. The summed E-state index contributed by atoms with van der Waals surface area (Å²) in [6.45, 7) is 3.09. The number of carbonyl (C=O) groups is 2. The predicted molar refractivity (Wildman–Crippen MR) is 108 cm³/mol. The van der Waals surface area contributed by atoms with Crippen LogP contribution in [0.25, 0.3) is 0 Å². The van der Waals surface area contributed by atoms with Gasteiger partial charge in [-0.3, -0.25) is 9.59 Å². The van der Waals surface area contributed by atoms with E-state index in [0.29, 0.717) is 21.4 Å². The molecule has 0 heterocycles. The van der Waals surface area contributed by atoms with Gasteiger partial charge >= 0.3 is 0 Å². The van der Waals surface area contributed by atoms with Crippen LogP contribution in [0.1, 0.15) is 13.8 Å².